The Labute approximate surface area is 137 Å². The summed E-state index contributed by atoms with van der Waals surface area (Å²) in [5.74, 6) is -0.382. The number of hydrogen-bond acceptors (Lipinski definition) is 4. The highest BCUT2D eigenvalue weighted by atomic mass is 32.2. The Hall–Kier alpha value is -2.41. The predicted molar refractivity (Wildman–Crippen MR) is 88.1 cm³/mol. The first-order chi connectivity index (χ1) is 11.1. The SMILES string of the molecule is O=C(CCCSc1ccccc1)Nc1ccc(F)c([N+](=O)[O-])c1. The molecule has 0 saturated carbocycles. The minimum absolute atomic E-state index is 0.221. The molecule has 0 saturated heterocycles. The number of amides is 1. The van der Waals surface area contributed by atoms with Crippen LogP contribution in [0.2, 0.25) is 0 Å². The summed E-state index contributed by atoms with van der Waals surface area (Å²) in [5.41, 5.74) is -0.429. The highest BCUT2D eigenvalue weighted by Crippen LogP contribution is 2.22. The maximum atomic E-state index is 13.2. The summed E-state index contributed by atoms with van der Waals surface area (Å²) in [6.07, 6.45) is 0.972. The Bertz CT molecular complexity index is 695. The summed E-state index contributed by atoms with van der Waals surface area (Å²) in [5, 5.41) is 13.2. The summed E-state index contributed by atoms with van der Waals surface area (Å²) in [4.78, 5) is 22.8. The smallest absolute Gasteiger partial charge is 0.306 e. The van der Waals surface area contributed by atoms with Crippen molar-refractivity contribution in [2.45, 2.75) is 17.7 Å². The molecular weight excluding hydrogens is 319 g/mol. The third-order valence-corrected chi connectivity index (χ3v) is 4.08. The van der Waals surface area contributed by atoms with Crippen molar-refractivity contribution < 1.29 is 14.1 Å². The number of nitro benzene ring substituents is 1. The van der Waals surface area contributed by atoms with E-state index in [-0.39, 0.29) is 11.6 Å². The Kier molecular flexibility index (Phi) is 6.10. The molecule has 2 rings (SSSR count). The zero-order chi connectivity index (χ0) is 16.7. The highest BCUT2D eigenvalue weighted by molar-refractivity contribution is 7.99. The Balaban J connectivity index is 1.79. The van der Waals surface area contributed by atoms with E-state index in [1.54, 1.807) is 11.8 Å². The van der Waals surface area contributed by atoms with Crippen molar-refractivity contribution in [1.29, 1.82) is 0 Å². The molecular formula is C16H15FN2O3S. The van der Waals surface area contributed by atoms with Crippen LogP contribution >= 0.6 is 11.8 Å². The Morgan fingerprint density at radius 1 is 1.22 bits per heavy atom. The van der Waals surface area contributed by atoms with Gasteiger partial charge in [0, 0.05) is 23.1 Å². The van der Waals surface area contributed by atoms with Gasteiger partial charge in [-0.15, -0.1) is 11.8 Å². The van der Waals surface area contributed by atoms with Crippen LogP contribution in [0.5, 0.6) is 0 Å². The lowest BCUT2D eigenvalue weighted by molar-refractivity contribution is -0.387. The van der Waals surface area contributed by atoms with Crippen molar-refractivity contribution in [3.63, 3.8) is 0 Å². The first-order valence-electron chi connectivity index (χ1n) is 6.98. The summed E-state index contributed by atoms with van der Waals surface area (Å²) in [6, 6.07) is 13.2. The van der Waals surface area contributed by atoms with Gasteiger partial charge in [-0.1, -0.05) is 18.2 Å². The van der Waals surface area contributed by atoms with Crippen LogP contribution < -0.4 is 5.32 Å². The molecule has 120 valence electrons. The summed E-state index contributed by atoms with van der Waals surface area (Å²) in [6.45, 7) is 0. The molecule has 5 nitrogen and oxygen atoms in total. The number of carbonyl (C=O) groups is 1. The van der Waals surface area contributed by atoms with Crippen molar-refractivity contribution in [3.05, 3.63) is 64.5 Å². The molecule has 0 aliphatic rings. The quantitative estimate of drug-likeness (QED) is 0.356. The van der Waals surface area contributed by atoms with E-state index < -0.39 is 16.4 Å². The second-order valence-electron chi connectivity index (χ2n) is 4.74. The van der Waals surface area contributed by atoms with Crippen LogP contribution in [0.25, 0.3) is 0 Å². The fraction of sp³-hybridized carbons (Fsp3) is 0.188. The van der Waals surface area contributed by atoms with Crippen LogP contribution in [-0.4, -0.2) is 16.6 Å². The zero-order valence-electron chi connectivity index (χ0n) is 12.2. The standard InChI is InChI=1S/C16H15FN2O3S/c17-14-9-8-12(11-15(14)19(21)22)18-16(20)7-4-10-23-13-5-2-1-3-6-13/h1-3,5-6,8-9,11H,4,7,10H2,(H,18,20). The van der Waals surface area contributed by atoms with Crippen LogP contribution in [0, 0.1) is 15.9 Å². The van der Waals surface area contributed by atoms with Crippen molar-refractivity contribution >= 4 is 29.0 Å². The molecule has 0 aliphatic heterocycles. The van der Waals surface area contributed by atoms with Crippen LogP contribution in [0.4, 0.5) is 15.8 Å². The van der Waals surface area contributed by atoms with Crippen LogP contribution in [0.1, 0.15) is 12.8 Å². The summed E-state index contributed by atoms with van der Waals surface area (Å²) >= 11 is 1.66. The van der Waals surface area contributed by atoms with E-state index in [1.807, 2.05) is 30.3 Å². The zero-order valence-corrected chi connectivity index (χ0v) is 13.0. The average molecular weight is 334 g/mol. The maximum Gasteiger partial charge on any atom is 0.306 e. The number of anilines is 1. The molecule has 0 bridgehead atoms. The molecule has 1 N–H and O–H groups in total. The van der Waals surface area contributed by atoms with Crippen molar-refractivity contribution in [1.82, 2.24) is 0 Å². The van der Waals surface area contributed by atoms with Gasteiger partial charge in [-0.3, -0.25) is 14.9 Å². The second kappa shape index (κ2) is 8.28. The van der Waals surface area contributed by atoms with Gasteiger partial charge in [0.2, 0.25) is 11.7 Å². The van der Waals surface area contributed by atoms with Gasteiger partial charge in [0.1, 0.15) is 0 Å². The van der Waals surface area contributed by atoms with E-state index in [4.69, 9.17) is 0 Å². The molecule has 23 heavy (non-hydrogen) atoms. The van der Waals surface area contributed by atoms with Gasteiger partial charge >= 0.3 is 5.69 Å². The number of rotatable bonds is 7. The van der Waals surface area contributed by atoms with Gasteiger partial charge in [0.25, 0.3) is 0 Å². The molecule has 1 amide bonds. The third kappa shape index (κ3) is 5.37. The molecule has 0 spiro atoms. The van der Waals surface area contributed by atoms with Crippen molar-refractivity contribution in [2.24, 2.45) is 0 Å². The molecule has 2 aromatic rings. The lowest BCUT2D eigenvalue weighted by atomic mass is 10.2. The molecule has 0 heterocycles. The summed E-state index contributed by atoms with van der Waals surface area (Å²) < 4.78 is 13.2. The molecule has 2 aromatic carbocycles. The van der Waals surface area contributed by atoms with E-state index in [0.29, 0.717) is 12.8 Å². The van der Waals surface area contributed by atoms with Gasteiger partial charge in [0.05, 0.1) is 4.92 Å². The van der Waals surface area contributed by atoms with E-state index in [0.717, 1.165) is 22.8 Å². The van der Waals surface area contributed by atoms with Crippen molar-refractivity contribution in [3.8, 4) is 0 Å². The topological polar surface area (TPSA) is 72.2 Å². The van der Waals surface area contributed by atoms with Gasteiger partial charge in [-0.05, 0) is 36.4 Å². The van der Waals surface area contributed by atoms with Crippen LogP contribution in [0.15, 0.2) is 53.4 Å². The first kappa shape index (κ1) is 17.0. The van der Waals surface area contributed by atoms with E-state index in [1.165, 1.54) is 6.07 Å². The monoisotopic (exact) mass is 334 g/mol. The number of halogens is 1. The minimum atomic E-state index is -0.924. The van der Waals surface area contributed by atoms with Gasteiger partial charge in [0.15, 0.2) is 0 Å². The predicted octanol–water partition coefficient (Wildman–Crippen LogP) is 4.24. The number of nitrogens with one attached hydrogen (secondary N) is 1. The van der Waals surface area contributed by atoms with E-state index in [2.05, 4.69) is 5.32 Å². The fourth-order valence-electron chi connectivity index (χ4n) is 1.89. The number of nitrogens with zero attached hydrogens (tertiary/aromatic N) is 1. The normalized spacial score (nSPS) is 10.3. The maximum absolute atomic E-state index is 13.2. The second-order valence-corrected chi connectivity index (χ2v) is 5.90. The largest absolute Gasteiger partial charge is 0.326 e. The number of carbonyl (C=O) groups excluding carboxylic acids is 1. The third-order valence-electron chi connectivity index (χ3n) is 2.99. The fourth-order valence-corrected chi connectivity index (χ4v) is 2.77. The number of benzene rings is 2. The number of thioether (sulfide) groups is 1. The lowest BCUT2D eigenvalue weighted by Gasteiger charge is -2.05. The van der Waals surface area contributed by atoms with Gasteiger partial charge in [-0.25, -0.2) is 0 Å². The Morgan fingerprint density at radius 2 is 1.96 bits per heavy atom. The molecule has 0 fully saturated rings. The van der Waals surface area contributed by atoms with Crippen molar-refractivity contribution in [2.75, 3.05) is 11.1 Å². The summed E-state index contributed by atoms with van der Waals surface area (Å²) in [7, 11) is 0. The minimum Gasteiger partial charge on any atom is -0.326 e. The molecule has 0 radical (unpaired) electrons. The van der Waals surface area contributed by atoms with E-state index >= 15 is 0 Å². The van der Waals surface area contributed by atoms with Gasteiger partial charge in [-0.2, -0.15) is 4.39 Å². The molecule has 0 atom stereocenters. The van der Waals surface area contributed by atoms with Gasteiger partial charge < -0.3 is 5.32 Å². The molecule has 0 aliphatic carbocycles. The highest BCUT2D eigenvalue weighted by Gasteiger charge is 2.15. The molecule has 7 heteroatoms. The molecule has 0 aromatic heterocycles. The first-order valence-corrected chi connectivity index (χ1v) is 7.96. The number of hydrogen-bond donors (Lipinski definition) is 1. The van der Waals surface area contributed by atoms with Crippen LogP contribution in [0.3, 0.4) is 0 Å². The number of nitro groups is 1. The van der Waals surface area contributed by atoms with Crippen LogP contribution in [-0.2, 0) is 4.79 Å². The van der Waals surface area contributed by atoms with E-state index in [9.17, 15) is 19.3 Å². The lowest BCUT2D eigenvalue weighted by Crippen LogP contribution is -2.11. The average Bonchev–Trinajstić information content (AvgIpc) is 2.54. The molecule has 0 unspecified atom stereocenters. The Morgan fingerprint density at radius 3 is 2.65 bits per heavy atom.